The van der Waals surface area contributed by atoms with Gasteiger partial charge in [0.25, 0.3) is 0 Å². The third kappa shape index (κ3) is 0.728. The average molecular weight is 138 g/mol. The van der Waals surface area contributed by atoms with Crippen LogP contribution in [0.2, 0.25) is 0 Å². The minimum atomic E-state index is 1.09. The molecule has 0 aromatic heterocycles. The van der Waals surface area contributed by atoms with E-state index in [1.165, 1.54) is 30.5 Å². The van der Waals surface area contributed by atoms with Gasteiger partial charge >= 0.3 is 0 Å². The van der Waals surface area contributed by atoms with Crippen molar-refractivity contribution in [1.82, 2.24) is 0 Å². The Balaban J connectivity index is 2.23. The molecule has 1 unspecified atom stereocenters. The Kier molecular flexibility index (Phi) is 1.36. The molecule has 10 heavy (non-hydrogen) atoms. The van der Waals surface area contributed by atoms with E-state index < -0.39 is 0 Å². The standard InChI is InChI=1S/C8H11NO/c1-10-9-6-5-7-3-2-4-8(7)9/h5-6H,2-4H2,1H3/p+1. The molecule has 54 valence electrons. The number of allylic oxidation sites excluding steroid dienone is 3. The van der Waals surface area contributed by atoms with Crippen molar-refractivity contribution in [3.05, 3.63) is 23.5 Å². The lowest BCUT2D eigenvalue weighted by atomic mass is 10.2. The highest BCUT2D eigenvalue weighted by atomic mass is 16.7. The van der Waals surface area contributed by atoms with Crippen LogP contribution in [-0.4, -0.2) is 7.11 Å². The van der Waals surface area contributed by atoms with Gasteiger partial charge in [-0.2, -0.15) is 4.84 Å². The fourth-order valence-electron chi connectivity index (χ4n) is 1.70. The molecule has 0 fully saturated rings. The van der Waals surface area contributed by atoms with E-state index in [0.717, 1.165) is 5.06 Å². The summed E-state index contributed by atoms with van der Waals surface area (Å²) in [5.74, 6) is 0. The average Bonchev–Trinajstić information content (AvgIpc) is 2.44. The number of hydrogen-bond acceptors (Lipinski definition) is 1. The molecule has 0 spiro atoms. The van der Waals surface area contributed by atoms with Gasteiger partial charge in [0.05, 0.1) is 7.11 Å². The predicted molar refractivity (Wildman–Crippen MR) is 38.0 cm³/mol. The van der Waals surface area contributed by atoms with Gasteiger partial charge in [-0.25, -0.2) is 0 Å². The van der Waals surface area contributed by atoms with Gasteiger partial charge in [-0.05, 0) is 12.8 Å². The fourth-order valence-corrected chi connectivity index (χ4v) is 1.70. The summed E-state index contributed by atoms with van der Waals surface area (Å²) in [6.07, 6.45) is 8.02. The first-order valence-corrected chi connectivity index (χ1v) is 3.73. The quantitative estimate of drug-likeness (QED) is 0.553. The van der Waals surface area contributed by atoms with Gasteiger partial charge < -0.3 is 0 Å². The molecule has 1 aliphatic heterocycles. The summed E-state index contributed by atoms with van der Waals surface area (Å²) in [6, 6.07) is 0. The summed E-state index contributed by atoms with van der Waals surface area (Å²) in [7, 11) is 1.74. The lowest BCUT2D eigenvalue weighted by Crippen LogP contribution is -3.03. The van der Waals surface area contributed by atoms with Crippen LogP contribution in [0.4, 0.5) is 0 Å². The molecular weight excluding hydrogens is 126 g/mol. The summed E-state index contributed by atoms with van der Waals surface area (Å²) >= 11 is 0. The predicted octanol–water partition coefficient (Wildman–Crippen LogP) is 0.398. The molecule has 1 aliphatic carbocycles. The first-order valence-electron chi connectivity index (χ1n) is 3.73. The highest BCUT2D eigenvalue weighted by molar-refractivity contribution is 5.27. The van der Waals surface area contributed by atoms with Crippen LogP contribution in [0.3, 0.4) is 0 Å². The molecule has 0 aromatic rings. The van der Waals surface area contributed by atoms with Crippen LogP contribution in [0.25, 0.3) is 0 Å². The van der Waals surface area contributed by atoms with Crippen LogP contribution in [0, 0.1) is 0 Å². The normalized spacial score (nSPS) is 29.9. The minimum absolute atomic E-state index is 1.09. The molecule has 0 saturated heterocycles. The molecule has 1 atom stereocenters. The van der Waals surface area contributed by atoms with Crippen molar-refractivity contribution in [3.8, 4) is 0 Å². The maximum absolute atomic E-state index is 5.20. The van der Waals surface area contributed by atoms with E-state index in [1.54, 1.807) is 7.11 Å². The Morgan fingerprint density at radius 2 is 2.40 bits per heavy atom. The molecule has 2 rings (SSSR count). The summed E-state index contributed by atoms with van der Waals surface area (Å²) in [5.41, 5.74) is 2.94. The van der Waals surface area contributed by atoms with Crippen molar-refractivity contribution >= 4 is 0 Å². The second-order valence-electron chi connectivity index (χ2n) is 2.76. The second kappa shape index (κ2) is 2.22. The number of hydrogen-bond donors (Lipinski definition) is 1. The van der Waals surface area contributed by atoms with Crippen molar-refractivity contribution in [2.24, 2.45) is 0 Å². The van der Waals surface area contributed by atoms with Crippen LogP contribution >= 0.6 is 0 Å². The van der Waals surface area contributed by atoms with Crippen LogP contribution in [-0.2, 0) is 4.84 Å². The lowest BCUT2D eigenvalue weighted by molar-refractivity contribution is -1.01. The highest BCUT2D eigenvalue weighted by Gasteiger charge is 2.27. The summed E-state index contributed by atoms with van der Waals surface area (Å²) < 4.78 is 0. The van der Waals surface area contributed by atoms with Gasteiger partial charge in [0.2, 0.25) is 0 Å². The number of nitrogens with one attached hydrogen (secondary N) is 1. The molecule has 2 nitrogen and oxygen atoms in total. The molecular formula is C8H12NO+. The molecule has 2 heteroatoms. The van der Waals surface area contributed by atoms with E-state index in [0.29, 0.717) is 0 Å². The zero-order valence-electron chi connectivity index (χ0n) is 6.18. The summed E-state index contributed by atoms with van der Waals surface area (Å²) in [4.78, 5) is 5.20. The Bertz CT molecular complexity index is 205. The molecule has 0 radical (unpaired) electrons. The Morgan fingerprint density at radius 3 is 3.20 bits per heavy atom. The molecule has 0 bridgehead atoms. The van der Waals surface area contributed by atoms with E-state index in [4.69, 9.17) is 4.84 Å². The number of rotatable bonds is 1. The van der Waals surface area contributed by atoms with Gasteiger partial charge in [-0.3, -0.25) is 0 Å². The van der Waals surface area contributed by atoms with Crippen molar-refractivity contribution in [2.75, 3.05) is 7.11 Å². The van der Waals surface area contributed by atoms with E-state index in [1.807, 2.05) is 0 Å². The molecule has 1 N–H and O–H groups in total. The maximum atomic E-state index is 5.20. The first-order chi connectivity index (χ1) is 4.92. The van der Waals surface area contributed by atoms with Crippen molar-refractivity contribution in [3.63, 3.8) is 0 Å². The SMILES string of the molecule is CO[NH+]1C=CC2=C1CCC2. The third-order valence-corrected chi connectivity index (χ3v) is 2.21. The molecule has 1 heterocycles. The van der Waals surface area contributed by atoms with E-state index in [2.05, 4.69) is 12.3 Å². The van der Waals surface area contributed by atoms with Gasteiger partial charge in [0.1, 0.15) is 11.9 Å². The van der Waals surface area contributed by atoms with Crippen LogP contribution in [0.1, 0.15) is 19.3 Å². The smallest absolute Gasteiger partial charge is 0.148 e. The fraction of sp³-hybridized carbons (Fsp3) is 0.500. The summed E-state index contributed by atoms with van der Waals surface area (Å²) in [5, 5.41) is 1.09. The van der Waals surface area contributed by atoms with E-state index in [9.17, 15) is 0 Å². The van der Waals surface area contributed by atoms with Crippen LogP contribution in [0.15, 0.2) is 23.5 Å². The Labute approximate surface area is 60.7 Å². The zero-order valence-corrected chi connectivity index (χ0v) is 6.18. The van der Waals surface area contributed by atoms with Crippen LogP contribution < -0.4 is 5.06 Å². The maximum Gasteiger partial charge on any atom is 0.148 e. The molecule has 0 saturated carbocycles. The van der Waals surface area contributed by atoms with Gasteiger partial charge in [-0.1, -0.05) is 0 Å². The lowest BCUT2D eigenvalue weighted by Gasteiger charge is -2.06. The minimum Gasteiger partial charge on any atom is -0.198 e. The van der Waals surface area contributed by atoms with Gasteiger partial charge in [0.15, 0.2) is 0 Å². The van der Waals surface area contributed by atoms with Gasteiger partial charge in [0, 0.05) is 18.1 Å². The Morgan fingerprint density at radius 1 is 1.50 bits per heavy atom. The third-order valence-electron chi connectivity index (χ3n) is 2.21. The Hall–Kier alpha value is -0.600. The van der Waals surface area contributed by atoms with Crippen molar-refractivity contribution in [1.29, 1.82) is 0 Å². The van der Waals surface area contributed by atoms with E-state index in [-0.39, 0.29) is 0 Å². The van der Waals surface area contributed by atoms with Crippen molar-refractivity contribution < 1.29 is 9.90 Å². The van der Waals surface area contributed by atoms with Crippen LogP contribution in [0.5, 0.6) is 0 Å². The molecule has 2 aliphatic rings. The number of hydroxylamine groups is 2. The highest BCUT2D eigenvalue weighted by Crippen LogP contribution is 2.24. The van der Waals surface area contributed by atoms with Gasteiger partial charge in [-0.15, -0.1) is 5.06 Å². The zero-order chi connectivity index (χ0) is 6.97. The number of quaternary nitrogens is 1. The largest absolute Gasteiger partial charge is 0.198 e. The second-order valence-corrected chi connectivity index (χ2v) is 2.76. The molecule has 0 aromatic carbocycles. The first kappa shape index (κ1) is 6.13. The topological polar surface area (TPSA) is 13.7 Å². The summed E-state index contributed by atoms with van der Waals surface area (Å²) in [6.45, 7) is 0. The monoisotopic (exact) mass is 138 g/mol. The molecule has 0 amide bonds. The van der Waals surface area contributed by atoms with Crippen molar-refractivity contribution in [2.45, 2.75) is 19.3 Å². The van der Waals surface area contributed by atoms with E-state index >= 15 is 0 Å².